The molecule has 1 saturated carbocycles. The summed E-state index contributed by atoms with van der Waals surface area (Å²) in [7, 11) is 5.49. The number of nitrogen functional groups attached to an aromatic ring is 1. The first-order valence-corrected chi connectivity index (χ1v) is 10.3. The molecule has 10 heteroatoms. The van der Waals surface area contributed by atoms with Crippen LogP contribution in [0.1, 0.15) is 41.9 Å². The van der Waals surface area contributed by atoms with Crippen molar-refractivity contribution in [3.05, 3.63) is 35.9 Å². The Hall–Kier alpha value is -2.91. The number of imidazole rings is 1. The second kappa shape index (κ2) is 9.07. The Morgan fingerprint density at radius 3 is 2.52 bits per heavy atom. The highest BCUT2D eigenvalue weighted by Crippen LogP contribution is 2.38. The molecule has 0 radical (unpaired) electrons. The van der Waals surface area contributed by atoms with E-state index in [1.807, 2.05) is 29.8 Å². The van der Waals surface area contributed by atoms with Gasteiger partial charge in [0.1, 0.15) is 5.82 Å². The second-order valence-electron chi connectivity index (χ2n) is 8.08. The first-order chi connectivity index (χ1) is 14.6. The molecule has 0 atom stereocenters. The minimum Gasteiger partial charge on any atom is -0.397 e. The molecule has 0 aliphatic heterocycles. The molecule has 2 aromatic rings. The van der Waals surface area contributed by atoms with Gasteiger partial charge in [0.25, 0.3) is 5.91 Å². The number of nitrogens with two attached hydrogens (primary N) is 1. The molecule has 4 N–H and O–H groups in total. The summed E-state index contributed by atoms with van der Waals surface area (Å²) < 4.78 is 40.6. The molecule has 170 valence electrons. The number of amides is 1. The van der Waals surface area contributed by atoms with Crippen molar-refractivity contribution in [1.29, 1.82) is 0 Å². The molecule has 1 aliphatic rings. The minimum absolute atomic E-state index is 0.0290. The maximum absolute atomic E-state index is 13.1. The van der Waals surface area contributed by atoms with Gasteiger partial charge in [0.2, 0.25) is 0 Å². The van der Waals surface area contributed by atoms with Gasteiger partial charge < -0.3 is 25.8 Å². The normalized spacial score (nSPS) is 19.2. The van der Waals surface area contributed by atoms with Gasteiger partial charge in [-0.15, -0.1) is 0 Å². The predicted molar refractivity (Wildman–Crippen MR) is 115 cm³/mol. The van der Waals surface area contributed by atoms with E-state index in [2.05, 4.69) is 15.6 Å². The number of aryl methyl sites for hydroxylation is 1. The molecule has 1 amide bonds. The number of anilines is 3. The minimum atomic E-state index is -4.17. The molecule has 1 heterocycles. The van der Waals surface area contributed by atoms with E-state index in [0.29, 0.717) is 42.0 Å². The smallest absolute Gasteiger partial charge is 0.391 e. The quantitative estimate of drug-likeness (QED) is 0.601. The van der Waals surface area contributed by atoms with Gasteiger partial charge in [0.15, 0.2) is 0 Å². The number of halogens is 3. The van der Waals surface area contributed by atoms with Crippen LogP contribution in [0.15, 0.2) is 24.5 Å². The Balaban J connectivity index is 1.78. The molecule has 0 unspecified atom stereocenters. The molecule has 3 rings (SSSR count). The first kappa shape index (κ1) is 22.8. The molecule has 1 aromatic heterocycles. The fourth-order valence-electron chi connectivity index (χ4n) is 3.99. The first-order valence-electron chi connectivity index (χ1n) is 10.3. The van der Waals surface area contributed by atoms with Gasteiger partial charge in [0, 0.05) is 39.6 Å². The lowest BCUT2D eigenvalue weighted by Crippen LogP contribution is -2.40. The van der Waals surface area contributed by atoms with Crippen LogP contribution in [-0.2, 0) is 13.6 Å². The Kier molecular flexibility index (Phi) is 6.66. The van der Waals surface area contributed by atoms with Crippen molar-refractivity contribution in [2.24, 2.45) is 13.0 Å². The number of rotatable bonds is 6. The molecule has 7 nitrogen and oxygen atoms in total. The van der Waals surface area contributed by atoms with E-state index in [9.17, 15) is 18.0 Å². The van der Waals surface area contributed by atoms with Crippen LogP contribution in [0.4, 0.5) is 30.2 Å². The number of aromatic nitrogens is 2. The number of nitrogens with one attached hydrogen (secondary N) is 2. The number of alkyl halides is 3. The van der Waals surface area contributed by atoms with Crippen molar-refractivity contribution < 1.29 is 18.0 Å². The van der Waals surface area contributed by atoms with Crippen molar-refractivity contribution >= 4 is 23.0 Å². The average Bonchev–Trinajstić information content (AvgIpc) is 3.11. The van der Waals surface area contributed by atoms with E-state index < -0.39 is 12.1 Å². The summed E-state index contributed by atoms with van der Waals surface area (Å²) in [6.45, 7) is 0.466. The Labute approximate surface area is 179 Å². The monoisotopic (exact) mass is 438 g/mol. The Morgan fingerprint density at radius 1 is 1.29 bits per heavy atom. The van der Waals surface area contributed by atoms with Crippen LogP contribution < -0.4 is 21.3 Å². The summed E-state index contributed by atoms with van der Waals surface area (Å²) in [5, 5.41) is 5.92. The predicted octanol–water partition coefficient (Wildman–Crippen LogP) is 3.53. The number of carbonyl (C=O) groups is 1. The molecular formula is C21H29F3N6O. The lowest BCUT2D eigenvalue weighted by atomic mass is 9.85. The summed E-state index contributed by atoms with van der Waals surface area (Å²) in [6, 6.07) is 3.12. The number of hydrogen-bond acceptors (Lipinski definition) is 5. The van der Waals surface area contributed by atoms with E-state index in [1.54, 1.807) is 25.4 Å². The zero-order valence-corrected chi connectivity index (χ0v) is 18.0. The van der Waals surface area contributed by atoms with Gasteiger partial charge in [-0.05, 0) is 37.8 Å². The van der Waals surface area contributed by atoms with Crippen molar-refractivity contribution in [1.82, 2.24) is 14.9 Å². The summed E-state index contributed by atoms with van der Waals surface area (Å²) in [5.41, 5.74) is 8.24. The molecule has 0 spiro atoms. The van der Waals surface area contributed by atoms with E-state index in [1.165, 1.54) is 0 Å². The number of carbonyl (C=O) groups excluding carboxylic acids is 1. The van der Waals surface area contributed by atoms with Gasteiger partial charge in [-0.3, -0.25) is 4.79 Å². The van der Waals surface area contributed by atoms with Crippen LogP contribution in [0, 0.1) is 5.92 Å². The summed E-state index contributed by atoms with van der Waals surface area (Å²) >= 11 is 0. The van der Waals surface area contributed by atoms with Crippen LogP contribution >= 0.6 is 0 Å². The topological polar surface area (TPSA) is 88.2 Å². The third-order valence-corrected chi connectivity index (χ3v) is 5.92. The van der Waals surface area contributed by atoms with Gasteiger partial charge in [0.05, 0.1) is 35.1 Å². The zero-order chi connectivity index (χ0) is 22.8. The number of nitrogens with zero attached hydrogens (tertiary/aromatic N) is 3. The maximum atomic E-state index is 13.1. The van der Waals surface area contributed by atoms with Crippen LogP contribution in [0.2, 0.25) is 0 Å². The fraction of sp³-hybridized carbons (Fsp3) is 0.524. The highest BCUT2D eigenvalue weighted by atomic mass is 19.4. The van der Waals surface area contributed by atoms with Crippen molar-refractivity contribution in [3.8, 4) is 0 Å². The van der Waals surface area contributed by atoms with Gasteiger partial charge >= 0.3 is 6.18 Å². The van der Waals surface area contributed by atoms with E-state index in [-0.39, 0.29) is 24.8 Å². The molecule has 0 bridgehead atoms. The Morgan fingerprint density at radius 2 is 1.97 bits per heavy atom. The van der Waals surface area contributed by atoms with E-state index in [0.717, 1.165) is 5.82 Å². The van der Waals surface area contributed by atoms with Crippen LogP contribution in [0.25, 0.3) is 0 Å². The molecule has 1 aliphatic carbocycles. The molecule has 1 fully saturated rings. The van der Waals surface area contributed by atoms with Gasteiger partial charge in [-0.1, -0.05) is 0 Å². The lowest BCUT2D eigenvalue weighted by Gasteiger charge is -2.31. The highest BCUT2D eigenvalue weighted by molar-refractivity contribution is 6.02. The van der Waals surface area contributed by atoms with Gasteiger partial charge in [-0.25, -0.2) is 4.98 Å². The van der Waals surface area contributed by atoms with Crippen molar-refractivity contribution in [2.75, 3.05) is 30.0 Å². The standard InChI is InChI=1S/C21H29F3N6O/c1-26-17-11-18(30(3)12-19-27-8-9-29(19)2)15(10-16(17)25)20(31)28-14-6-4-13(5-7-14)21(22,23)24/h8-11,13-14,26H,4-7,12,25H2,1-3H3,(H,28,31). The van der Waals surface area contributed by atoms with E-state index in [4.69, 9.17) is 5.73 Å². The van der Waals surface area contributed by atoms with Crippen molar-refractivity contribution in [3.63, 3.8) is 0 Å². The zero-order valence-electron chi connectivity index (χ0n) is 18.0. The largest absolute Gasteiger partial charge is 0.397 e. The lowest BCUT2D eigenvalue weighted by molar-refractivity contribution is -0.182. The van der Waals surface area contributed by atoms with Crippen molar-refractivity contribution in [2.45, 2.75) is 44.4 Å². The third-order valence-electron chi connectivity index (χ3n) is 5.92. The fourth-order valence-corrected chi connectivity index (χ4v) is 3.99. The Bertz CT molecular complexity index is 918. The summed E-state index contributed by atoms with van der Waals surface area (Å²) in [4.78, 5) is 19.3. The van der Waals surface area contributed by atoms with Gasteiger partial charge in [-0.2, -0.15) is 13.2 Å². The average molecular weight is 438 g/mol. The molecular weight excluding hydrogens is 409 g/mol. The number of hydrogen-bond donors (Lipinski definition) is 3. The van der Waals surface area contributed by atoms with Crippen LogP contribution in [0.3, 0.4) is 0 Å². The van der Waals surface area contributed by atoms with E-state index >= 15 is 0 Å². The summed E-state index contributed by atoms with van der Waals surface area (Å²) in [5.74, 6) is -0.806. The molecule has 31 heavy (non-hydrogen) atoms. The molecule has 0 saturated heterocycles. The second-order valence-corrected chi connectivity index (χ2v) is 8.08. The summed E-state index contributed by atoms with van der Waals surface area (Å²) in [6.07, 6.45) is 0.0404. The molecule has 1 aromatic carbocycles. The van der Waals surface area contributed by atoms with Crippen LogP contribution in [-0.4, -0.2) is 41.8 Å². The van der Waals surface area contributed by atoms with Crippen LogP contribution in [0.5, 0.6) is 0 Å². The maximum Gasteiger partial charge on any atom is 0.391 e. The third kappa shape index (κ3) is 5.23. The highest BCUT2D eigenvalue weighted by Gasteiger charge is 2.41. The SMILES string of the molecule is CNc1cc(N(C)Cc2nccn2C)c(C(=O)NC2CCC(C(F)(F)F)CC2)cc1N. The number of benzene rings is 1.